The van der Waals surface area contributed by atoms with E-state index in [1.807, 2.05) is 37.3 Å². The van der Waals surface area contributed by atoms with Gasteiger partial charge >= 0.3 is 5.97 Å². The van der Waals surface area contributed by atoms with E-state index in [2.05, 4.69) is 30.8 Å². The molecule has 42 heavy (non-hydrogen) atoms. The van der Waals surface area contributed by atoms with E-state index < -0.39 is 38.5 Å². The van der Waals surface area contributed by atoms with Gasteiger partial charge in [0.25, 0.3) is 0 Å². The van der Waals surface area contributed by atoms with E-state index in [0.717, 1.165) is 11.3 Å². The zero-order valence-corrected chi connectivity index (χ0v) is 25.1. The fraction of sp³-hybridized carbons (Fsp3) is 0.370. The van der Waals surface area contributed by atoms with Crippen LogP contribution in [0.1, 0.15) is 37.8 Å². The number of aromatic nitrogens is 2. The van der Waals surface area contributed by atoms with Gasteiger partial charge in [0, 0.05) is 12.7 Å². The minimum atomic E-state index is -4.66. The molecule has 15 heteroatoms. The Morgan fingerprint density at radius 1 is 1.12 bits per heavy atom. The van der Waals surface area contributed by atoms with Crippen molar-refractivity contribution in [1.29, 1.82) is 0 Å². The van der Waals surface area contributed by atoms with Crippen LogP contribution in [-0.4, -0.2) is 60.2 Å². The molecule has 0 saturated carbocycles. The van der Waals surface area contributed by atoms with Crippen LogP contribution in [0.25, 0.3) is 11.1 Å². The highest BCUT2D eigenvalue weighted by atomic mass is 35.5. The smallest absolute Gasteiger partial charge is 0.345 e. The SMILES string of the molecule is Cc1c[nH]c(NCCCCCC(NC(=O)C2CCON2)(NS(=O)(=O)c2c(Cl)cc(-c3ccccc3)cc2Cl)C(=O)O)n1. The number of imidazole rings is 1. The lowest BCUT2D eigenvalue weighted by molar-refractivity contribution is -0.149. The number of hydrogen-bond donors (Lipinski definition) is 6. The van der Waals surface area contributed by atoms with Crippen molar-refractivity contribution in [2.45, 2.75) is 55.6 Å². The van der Waals surface area contributed by atoms with Gasteiger partial charge in [-0.25, -0.2) is 18.2 Å². The Morgan fingerprint density at radius 2 is 1.83 bits per heavy atom. The molecule has 226 valence electrons. The van der Waals surface area contributed by atoms with Gasteiger partial charge in [-0.05, 0) is 55.9 Å². The number of carbonyl (C=O) groups excluding carboxylic acids is 1. The van der Waals surface area contributed by atoms with Crippen molar-refractivity contribution in [3.8, 4) is 11.1 Å². The molecular weight excluding hydrogens is 607 g/mol. The molecule has 2 aromatic carbocycles. The van der Waals surface area contributed by atoms with Crippen LogP contribution in [0.3, 0.4) is 0 Å². The number of aliphatic carboxylic acids is 1. The number of amides is 1. The standard InChI is InChI=1S/C27H32Cl2N6O6S/c1-17-16-31-26(32-17)30-12-7-3-6-11-27(25(37)38,33-24(36)22-10-13-41-34-22)35-42(39,40)23-20(28)14-19(15-21(23)29)18-8-4-2-5-9-18/h2,4-5,8-9,14-16,22,34-35H,3,6-7,10-13H2,1H3,(H,33,36)(H,37,38)(H2,30,31,32). The average Bonchev–Trinajstić information content (AvgIpc) is 3.62. The van der Waals surface area contributed by atoms with E-state index in [1.165, 1.54) is 12.1 Å². The van der Waals surface area contributed by atoms with Gasteiger partial charge < -0.3 is 25.6 Å². The van der Waals surface area contributed by atoms with Gasteiger partial charge in [-0.15, -0.1) is 0 Å². The summed E-state index contributed by atoms with van der Waals surface area (Å²) in [5, 5.41) is 15.5. The zero-order valence-electron chi connectivity index (χ0n) is 22.7. The second kappa shape index (κ2) is 13.8. The van der Waals surface area contributed by atoms with E-state index in [0.29, 0.717) is 30.9 Å². The molecule has 6 N–H and O–H groups in total. The number of H-pyrrole nitrogens is 1. The first-order chi connectivity index (χ1) is 20.0. The van der Waals surface area contributed by atoms with Gasteiger partial charge in [-0.3, -0.25) is 4.79 Å². The van der Waals surface area contributed by atoms with Crippen molar-refractivity contribution in [1.82, 2.24) is 25.5 Å². The Hall–Kier alpha value is -3.20. The molecule has 1 aliphatic rings. The number of hydroxylamine groups is 1. The number of aryl methyl sites for hydroxylation is 1. The topological polar surface area (TPSA) is 175 Å². The molecule has 0 radical (unpaired) electrons. The summed E-state index contributed by atoms with van der Waals surface area (Å²) < 4.78 is 29.6. The molecule has 1 aliphatic heterocycles. The molecular formula is C27H32Cl2N6O6S. The van der Waals surface area contributed by atoms with E-state index in [-0.39, 0.29) is 35.9 Å². The molecule has 1 saturated heterocycles. The van der Waals surface area contributed by atoms with Crippen LogP contribution in [0.5, 0.6) is 0 Å². The Morgan fingerprint density at radius 3 is 2.43 bits per heavy atom. The first-order valence-electron chi connectivity index (χ1n) is 13.3. The van der Waals surface area contributed by atoms with Crippen LogP contribution in [0, 0.1) is 6.92 Å². The first kappa shape index (κ1) is 31.7. The summed E-state index contributed by atoms with van der Waals surface area (Å²) in [6.07, 6.45) is 3.21. The molecule has 2 atom stereocenters. The summed E-state index contributed by atoms with van der Waals surface area (Å²) in [4.78, 5) is 37.5. The maximum absolute atomic E-state index is 13.7. The number of carboxylic acid groups (broad SMARTS) is 1. The Bertz CT molecular complexity index is 1490. The Balaban J connectivity index is 1.55. The van der Waals surface area contributed by atoms with E-state index in [4.69, 9.17) is 28.0 Å². The summed E-state index contributed by atoms with van der Waals surface area (Å²) in [5.41, 5.74) is 2.29. The van der Waals surface area contributed by atoms with E-state index in [9.17, 15) is 23.1 Å². The summed E-state index contributed by atoms with van der Waals surface area (Å²) in [7, 11) is -4.66. The predicted molar refractivity (Wildman–Crippen MR) is 159 cm³/mol. The molecule has 3 aromatic rings. The van der Waals surface area contributed by atoms with Crippen LogP contribution in [-0.2, 0) is 24.4 Å². The van der Waals surface area contributed by atoms with Crippen molar-refractivity contribution in [2.75, 3.05) is 18.5 Å². The summed E-state index contributed by atoms with van der Waals surface area (Å²) in [5.74, 6) is -1.70. The number of benzene rings is 2. The second-order valence-electron chi connectivity index (χ2n) is 9.88. The van der Waals surface area contributed by atoms with Crippen molar-refractivity contribution in [2.24, 2.45) is 0 Å². The largest absolute Gasteiger partial charge is 0.478 e. The van der Waals surface area contributed by atoms with Crippen molar-refractivity contribution in [3.63, 3.8) is 0 Å². The maximum atomic E-state index is 13.7. The molecule has 1 fully saturated rings. The lowest BCUT2D eigenvalue weighted by Crippen LogP contribution is -2.67. The number of anilines is 1. The number of hydrogen-bond acceptors (Lipinski definition) is 8. The van der Waals surface area contributed by atoms with Crippen LogP contribution in [0.15, 0.2) is 53.6 Å². The fourth-order valence-corrected chi connectivity index (χ4v) is 7.05. The highest BCUT2D eigenvalue weighted by Crippen LogP contribution is 2.35. The Kier molecular flexibility index (Phi) is 10.5. The number of carbonyl (C=O) groups is 2. The number of rotatable bonds is 14. The number of nitrogens with zero attached hydrogens (tertiary/aromatic N) is 1. The van der Waals surface area contributed by atoms with Gasteiger partial charge in [-0.1, -0.05) is 60.0 Å². The van der Waals surface area contributed by atoms with Gasteiger partial charge in [0.05, 0.1) is 22.3 Å². The molecule has 0 aliphatic carbocycles. The van der Waals surface area contributed by atoms with E-state index >= 15 is 0 Å². The summed E-state index contributed by atoms with van der Waals surface area (Å²) in [6.45, 7) is 2.65. The van der Waals surface area contributed by atoms with Gasteiger partial charge in [0.15, 0.2) is 5.95 Å². The van der Waals surface area contributed by atoms with Crippen molar-refractivity contribution in [3.05, 3.63) is 64.4 Å². The molecule has 1 amide bonds. The van der Waals surface area contributed by atoms with Crippen LogP contribution < -0.4 is 20.8 Å². The molecule has 1 aromatic heterocycles. The lowest BCUT2D eigenvalue weighted by Gasteiger charge is -2.32. The summed E-state index contributed by atoms with van der Waals surface area (Å²) >= 11 is 12.8. The molecule has 2 unspecified atom stereocenters. The first-order valence-corrected chi connectivity index (χ1v) is 15.5. The quantitative estimate of drug-likeness (QED) is 0.113. The second-order valence-corrected chi connectivity index (χ2v) is 12.3. The van der Waals surface area contributed by atoms with Crippen LogP contribution in [0.4, 0.5) is 5.95 Å². The molecule has 2 heterocycles. The van der Waals surface area contributed by atoms with Crippen LogP contribution >= 0.6 is 23.2 Å². The minimum Gasteiger partial charge on any atom is -0.478 e. The van der Waals surface area contributed by atoms with Crippen molar-refractivity contribution >= 4 is 51.0 Å². The fourth-order valence-electron chi connectivity index (χ4n) is 4.52. The number of aromatic amines is 1. The average molecular weight is 640 g/mol. The molecule has 4 rings (SSSR count). The Labute approximate surface area is 253 Å². The number of carboxylic acids is 1. The lowest BCUT2D eigenvalue weighted by atomic mass is 10.0. The van der Waals surface area contributed by atoms with Gasteiger partial charge in [0.1, 0.15) is 10.9 Å². The van der Waals surface area contributed by atoms with Crippen molar-refractivity contribution < 1.29 is 28.0 Å². The third-order valence-electron chi connectivity index (χ3n) is 6.66. The zero-order chi connectivity index (χ0) is 30.3. The number of halogens is 2. The van der Waals surface area contributed by atoms with Crippen LogP contribution in [0.2, 0.25) is 10.0 Å². The van der Waals surface area contributed by atoms with E-state index in [1.54, 1.807) is 6.20 Å². The highest BCUT2D eigenvalue weighted by Gasteiger charge is 2.46. The predicted octanol–water partition coefficient (Wildman–Crippen LogP) is 3.83. The third kappa shape index (κ3) is 7.79. The molecule has 0 spiro atoms. The molecule has 12 nitrogen and oxygen atoms in total. The number of nitrogens with one attached hydrogen (secondary N) is 5. The summed E-state index contributed by atoms with van der Waals surface area (Å²) in [6, 6.07) is 11.1. The highest BCUT2D eigenvalue weighted by molar-refractivity contribution is 7.89. The number of unbranched alkanes of at least 4 members (excludes halogenated alkanes) is 2. The molecule has 0 bridgehead atoms. The third-order valence-corrected chi connectivity index (χ3v) is 9.08. The monoisotopic (exact) mass is 638 g/mol. The van der Waals surface area contributed by atoms with Gasteiger partial charge in [-0.2, -0.15) is 10.2 Å². The normalized spacial score (nSPS) is 16.6. The van der Waals surface area contributed by atoms with Gasteiger partial charge in [0.2, 0.25) is 21.6 Å². The minimum absolute atomic E-state index is 0.204. The number of sulfonamides is 1. The maximum Gasteiger partial charge on any atom is 0.345 e.